The van der Waals surface area contributed by atoms with Crippen LogP contribution in [-0.2, 0) is 24.2 Å². The predicted octanol–water partition coefficient (Wildman–Crippen LogP) is 2.53. The van der Waals surface area contributed by atoms with Crippen molar-refractivity contribution in [3.8, 4) is 22.5 Å². The van der Waals surface area contributed by atoms with Crippen molar-refractivity contribution >= 4 is 11.7 Å². The van der Waals surface area contributed by atoms with Gasteiger partial charge in [-0.05, 0) is 23.1 Å². The van der Waals surface area contributed by atoms with E-state index in [1.165, 1.54) is 6.33 Å². The lowest BCUT2D eigenvalue weighted by molar-refractivity contribution is -0.137. The first-order chi connectivity index (χ1) is 17.5. The molecule has 0 spiro atoms. The fraction of sp³-hybridized carbons (Fsp3) is 0.200. The summed E-state index contributed by atoms with van der Waals surface area (Å²) in [6.45, 7) is 1.50. The SMILES string of the molecule is CCCc1c(Cc2ccc(-c3ccccc3-c3noc(=O)[nH]3)cc2)c(=O)n(CC(=O)O)c2ncnn12. The van der Waals surface area contributed by atoms with Crippen LogP contribution in [0.2, 0.25) is 0 Å². The van der Waals surface area contributed by atoms with E-state index in [1.54, 1.807) is 4.52 Å². The van der Waals surface area contributed by atoms with Gasteiger partial charge in [0.2, 0.25) is 5.78 Å². The molecular formula is C25H22N6O5. The number of benzene rings is 2. The molecule has 5 aromatic rings. The van der Waals surface area contributed by atoms with Gasteiger partial charge in [-0.25, -0.2) is 9.31 Å². The van der Waals surface area contributed by atoms with Crippen LogP contribution in [0, 0.1) is 0 Å². The van der Waals surface area contributed by atoms with E-state index in [2.05, 4.69) is 24.7 Å². The Morgan fingerprint density at radius 2 is 1.83 bits per heavy atom. The van der Waals surface area contributed by atoms with Gasteiger partial charge < -0.3 is 5.11 Å². The van der Waals surface area contributed by atoms with Gasteiger partial charge in [0.05, 0.1) is 5.69 Å². The Balaban J connectivity index is 1.54. The molecule has 0 saturated carbocycles. The van der Waals surface area contributed by atoms with E-state index in [0.29, 0.717) is 24.2 Å². The molecule has 0 unspecified atom stereocenters. The number of nitrogens with one attached hydrogen (secondary N) is 1. The van der Waals surface area contributed by atoms with Gasteiger partial charge in [0.1, 0.15) is 12.9 Å². The Labute approximate surface area is 203 Å². The maximum absolute atomic E-state index is 13.4. The summed E-state index contributed by atoms with van der Waals surface area (Å²) in [7, 11) is 0. The minimum atomic E-state index is -1.13. The van der Waals surface area contributed by atoms with E-state index in [0.717, 1.165) is 38.9 Å². The third-order valence-corrected chi connectivity index (χ3v) is 5.93. The van der Waals surface area contributed by atoms with Gasteiger partial charge in [-0.15, -0.1) is 0 Å². The summed E-state index contributed by atoms with van der Waals surface area (Å²) in [5, 5.41) is 17.4. The average Bonchev–Trinajstić information content (AvgIpc) is 3.53. The number of aromatic amines is 1. The lowest BCUT2D eigenvalue weighted by atomic mass is 9.96. The Hall–Kier alpha value is -4.80. The van der Waals surface area contributed by atoms with Crippen LogP contribution in [0.4, 0.5) is 0 Å². The number of carboxylic acids is 1. The van der Waals surface area contributed by atoms with Crippen molar-refractivity contribution in [2.75, 3.05) is 0 Å². The number of carbonyl (C=O) groups is 1. The molecule has 0 aliphatic heterocycles. The predicted molar refractivity (Wildman–Crippen MR) is 130 cm³/mol. The number of nitrogens with zero attached hydrogens (tertiary/aromatic N) is 5. The zero-order chi connectivity index (χ0) is 25.2. The normalized spacial score (nSPS) is 11.2. The van der Waals surface area contributed by atoms with Crippen LogP contribution >= 0.6 is 0 Å². The van der Waals surface area contributed by atoms with Gasteiger partial charge in [-0.3, -0.25) is 23.7 Å². The monoisotopic (exact) mass is 486 g/mol. The van der Waals surface area contributed by atoms with E-state index in [1.807, 2.05) is 55.5 Å². The number of fused-ring (bicyclic) bond motifs is 1. The summed E-state index contributed by atoms with van der Waals surface area (Å²) in [5.74, 6) is -1.21. The summed E-state index contributed by atoms with van der Waals surface area (Å²) in [5.41, 5.74) is 4.17. The molecule has 0 aliphatic rings. The lowest BCUT2D eigenvalue weighted by Gasteiger charge is -2.14. The lowest BCUT2D eigenvalue weighted by Crippen LogP contribution is -2.31. The Bertz CT molecular complexity index is 1680. The summed E-state index contributed by atoms with van der Waals surface area (Å²) in [4.78, 5) is 42.9. The molecule has 0 bridgehead atoms. The van der Waals surface area contributed by atoms with E-state index in [4.69, 9.17) is 0 Å². The van der Waals surface area contributed by atoms with Gasteiger partial charge in [-0.2, -0.15) is 10.1 Å². The van der Waals surface area contributed by atoms with E-state index in [-0.39, 0.29) is 11.3 Å². The van der Waals surface area contributed by atoms with Crippen LogP contribution in [0.25, 0.3) is 28.3 Å². The quantitative estimate of drug-likeness (QED) is 0.340. The highest BCUT2D eigenvalue weighted by molar-refractivity contribution is 5.80. The number of rotatable bonds is 8. The number of H-pyrrole nitrogens is 1. The van der Waals surface area contributed by atoms with Crippen molar-refractivity contribution in [1.82, 2.24) is 29.3 Å². The van der Waals surface area contributed by atoms with Crippen molar-refractivity contribution in [3.05, 3.63) is 92.6 Å². The van der Waals surface area contributed by atoms with Crippen LogP contribution in [-0.4, -0.2) is 40.4 Å². The first kappa shape index (κ1) is 23.0. The number of carboxylic acid groups (broad SMARTS) is 1. The third-order valence-electron chi connectivity index (χ3n) is 5.93. The Morgan fingerprint density at radius 3 is 2.50 bits per heavy atom. The van der Waals surface area contributed by atoms with Crippen LogP contribution in [0.5, 0.6) is 0 Å². The first-order valence-electron chi connectivity index (χ1n) is 11.4. The largest absolute Gasteiger partial charge is 0.480 e. The highest BCUT2D eigenvalue weighted by Crippen LogP contribution is 2.30. The number of hydrogen-bond acceptors (Lipinski definition) is 7. The fourth-order valence-electron chi connectivity index (χ4n) is 4.36. The molecule has 11 heteroatoms. The molecule has 0 atom stereocenters. The van der Waals surface area contributed by atoms with E-state index < -0.39 is 18.3 Å². The molecule has 3 heterocycles. The summed E-state index contributed by atoms with van der Waals surface area (Å²) in [6, 6.07) is 15.2. The molecule has 3 aromatic heterocycles. The molecule has 0 aliphatic carbocycles. The molecule has 0 fully saturated rings. The van der Waals surface area contributed by atoms with Crippen molar-refractivity contribution in [1.29, 1.82) is 0 Å². The standard InChI is InChI=1S/C25H22N6O5/c1-2-5-20-19(23(34)30(13-21(32)33)24-26-14-27-31(20)24)12-15-8-10-16(11-9-15)17-6-3-4-7-18(17)22-28-25(35)36-29-22/h3-4,6-11,14H,2,5,12-13H2,1H3,(H,32,33)(H,28,29,35). The molecule has 2 N–H and O–H groups in total. The molecule has 2 aromatic carbocycles. The van der Waals surface area contributed by atoms with Gasteiger partial charge in [0, 0.05) is 17.5 Å². The summed E-state index contributed by atoms with van der Waals surface area (Å²) < 4.78 is 7.36. The van der Waals surface area contributed by atoms with Crippen LogP contribution < -0.4 is 11.3 Å². The maximum Gasteiger partial charge on any atom is 0.439 e. The van der Waals surface area contributed by atoms with Crippen LogP contribution in [0.3, 0.4) is 0 Å². The second-order valence-electron chi connectivity index (χ2n) is 8.30. The van der Waals surface area contributed by atoms with Crippen molar-refractivity contribution < 1.29 is 14.4 Å². The van der Waals surface area contributed by atoms with Crippen molar-refractivity contribution in [3.63, 3.8) is 0 Å². The minimum Gasteiger partial charge on any atom is -0.480 e. The summed E-state index contributed by atoms with van der Waals surface area (Å²) >= 11 is 0. The van der Waals surface area contributed by atoms with Crippen LogP contribution in [0.15, 0.2) is 69.0 Å². The third kappa shape index (κ3) is 4.22. The second-order valence-corrected chi connectivity index (χ2v) is 8.30. The van der Waals surface area contributed by atoms with Crippen LogP contribution in [0.1, 0.15) is 30.2 Å². The van der Waals surface area contributed by atoms with Gasteiger partial charge in [0.15, 0.2) is 5.82 Å². The molecule has 0 radical (unpaired) electrons. The molecule has 182 valence electrons. The average molecular weight is 486 g/mol. The summed E-state index contributed by atoms with van der Waals surface area (Å²) in [6.07, 6.45) is 3.01. The van der Waals surface area contributed by atoms with Gasteiger partial charge >= 0.3 is 11.7 Å². The first-order valence-corrected chi connectivity index (χ1v) is 11.4. The van der Waals surface area contributed by atoms with Gasteiger partial charge in [0.25, 0.3) is 5.56 Å². The van der Waals surface area contributed by atoms with Gasteiger partial charge in [-0.1, -0.05) is 67.0 Å². The van der Waals surface area contributed by atoms with Crippen molar-refractivity contribution in [2.24, 2.45) is 0 Å². The maximum atomic E-state index is 13.4. The highest BCUT2D eigenvalue weighted by Gasteiger charge is 2.20. The smallest absolute Gasteiger partial charge is 0.439 e. The number of aliphatic carboxylic acids is 1. The molecule has 36 heavy (non-hydrogen) atoms. The molecule has 0 saturated heterocycles. The van der Waals surface area contributed by atoms with E-state index >= 15 is 0 Å². The second kappa shape index (κ2) is 9.45. The Kier molecular flexibility index (Phi) is 6.03. The minimum absolute atomic E-state index is 0.215. The fourth-order valence-corrected chi connectivity index (χ4v) is 4.36. The zero-order valence-electron chi connectivity index (χ0n) is 19.3. The Morgan fingerprint density at radius 1 is 1.08 bits per heavy atom. The number of aryl methyl sites for hydroxylation is 1. The van der Waals surface area contributed by atoms with E-state index in [9.17, 15) is 19.5 Å². The zero-order valence-corrected chi connectivity index (χ0v) is 19.3. The molecular weight excluding hydrogens is 464 g/mol. The number of hydrogen-bond donors (Lipinski definition) is 2. The molecule has 11 nitrogen and oxygen atoms in total. The molecule has 0 amide bonds. The topological polar surface area (TPSA) is 148 Å². The molecule has 5 rings (SSSR count). The number of aromatic nitrogens is 6. The highest BCUT2D eigenvalue weighted by atomic mass is 16.5. The van der Waals surface area contributed by atoms with Crippen molar-refractivity contribution in [2.45, 2.75) is 32.7 Å².